The zero-order valence-corrected chi connectivity index (χ0v) is 16.0. The lowest BCUT2D eigenvalue weighted by atomic mass is 9.89. The van der Waals surface area contributed by atoms with Crippen LogP contribution >= 0.6 is 11.6 Å². The van der Waals surface area contributed by atoms with Crippen molar-refractivity contribution in [3.63, 3.8) is 0 Å². The second-order valence-electron chi connectivity index (χ2n) is 6.96. The Labute approximate surface area is 164 Å². The number of nitrogens with two attached hydrogens (primary N) is 1. The van der Waals surface area contributed by atoms with Crippen LogP contribution in [0.25, 0.3) is 0 Å². The number of amides is 2. The van der Waals surface area contributed by atoms with E-state index < -0.39 is 6.04 Å². The van der Waals surface area contributed by atoms with Gasteiger partial charge >= 0.3 is 0 Å². The van der Waals surface area contributed by atoms with E-state index in [9.17, 15) is 9.59 Å². The highest BCUT2D eigenvalue weighted by molar-refractivity contribution is 6.30. The van der Waals surface area contributed by atoms with Gasteiger partial charge in [-0.05, 0) is 49.2 Å². The number of hydrogen-bond donors (Lipinski definition) is 2. The van der Waals surface area contributed by atoms with E-state index in [1.165, 1.54) is 5.56 Å². The Balaban J connectivity index is 1.64. The van der Waals surface area contributed by atoms with Crippen LogP contribution in [0.5, 0.6) is 0 Å². The van der Waals surface area contributed by atoms with Gasteiger partial charge in [-0.15, -0.1) is 0 Å². The topological polar surface area (TPSA) is 75.4 Å². The molecule has 1 aliphatic heterocycles. The minimum absolute atomic E-state index is 0.0887. The molecular weight excluding hydrogens is 362 g/mol. The molecule has 27 heavy (non-hydrogen) atoms. The Morgan fingerprint density at radius 1 is 1.15 bits per heavy atom. The minimum Gasteiger partial charge on any atom is -0.341 e. The second kappa shape index (κ2) is 8.55. The summed E-state index contributed by atoms with van der Waals surface area (Å²) in [4.78, 5) is 27.0. The van der Waals surface area contributed by atoms with Crippen molar-refractivity contribution >= 4 is 23.4 Å². The summed E-state index contributed by atoms with van der Waals surface area (Å²) < 4.78 is 0. The molecule has 142 valence electrons. The van der Waals surface area contributed by atoms with Gasteiger partial charge in [-0.25, -0.2) is 0 Å². The maximum Gasteiger partial charge on any atom is 0.251 e. The molecule has 1 fully saturated rings. The number of rotatable bonds is 5. The first-order valence-electron chi connectivity index (χ1n) is 9.10. The molecule has 1 unspecified atom stereocenters. The molecular formula is C21H24ClN3O2. The molecule has 0 radical (unpaired) electrons. The van der Waals surface area contributed by atoms with Gasteiger partial charge in [0.1, 0.15) is 6.04 Å². The monoisotopic (exact) mass is 385 g/mol. The van der Waals surface area contributed by atoms with Crippen LogP contribution in [-0.2, 0) is 4.79 Å². The average Bonchev–Trinajstić information content (AvgIpc) is 3.13. The van der Waals surface area contributed by atoms with Crippen LogP contribution in [0.1, 0.15) is 28.8 Å². The molecule has 3 rings (SSSR count). The minimum atomic E-state index is -0.610. The molecule has 0 aliphatic carbocycles. The van der Waals surface area contributed by atoms with Gasteiger partial charge in [0.05, 0.1) is 0 Å². The van der Waals surface area contributed by atoms with Crippen molar-refractivity contribution in [3.05, 3.63) is 70.7 Å². The number of nitrogens with zero attached hydrogens (tertiary/aromatic N) is 1. The Bertz CT molecular complexity index is 795. The molecule has 1 saturated heterocycles. The number of hydrogen-bond acceptors (Lipinski definition) is 3. The summed E-state index contributed by atoms with van der Waals surface area (Å²) in [6.07, 6.45) is 0. The molecule has 1 heterocycles. The lowest BCUT2D eigenvalue weighted by Crippen LogP contribution is -2.46. The fraction of sp³-hybridized carbons (Fsp3) is 0.333. The van der Waals surface area contributed by atoms with Crippen LogP contribution in [0.2, 0.25) is 5.02 Å². The van der Waals surface area contributed by atoms with Crippen molar-refractivity contribution < 1.29 is 9.59 Å². The number of carbonyl (C=O) groups excluding carboxylic acids is 2. The second-order valence-corrected chi connectivity index (χ2v) is 7.39. The third kappa shape index (κ3) is 4.49. The first kappa shape index (κ1) is 19.4. The van der Waals surface area contributed by atoms with E-state index in [2.05, 4.69) is 17.4 Å². The molecule has 2 amide bonds. The standard InChI is InChI=1S/C21H24ClN3O2/c1-14(24-20(26)16-7-9-18(22)10-8-16)21(27)25-12-17(11-23)19(13-25)15-5-3-2-4-6-15/h2-10,14,17,19H,11-13,23H2,1H3,(H,24,26)/t14?,17-,19+/m1/s1. The Morgan fingerprint density at radius 2 is 1.81 bits per heavy atom. The Morgan fingerprint density at radius 3 is 2.44 bits per heavy atom. The summed E-state index contributed by atoms with van der Waals surface area (Å²) in [5.74, 6) is 0.0609. The van der Waals surface area contributed by atoms with Crippen LogP contribution in [0.4, 0.5) is 0 Å². The number of benzene rings is 2. The summed E-state index contributed by atoms with van der Waals surface area (Å²) in [7, 11) is 0. The predicted octanol–water partition coefficient (Wildman–Crippen LogP) is 2.66. The summed E-state index contributed by atoms with van der Waals surface area (Å²) >= 11 is 5.85. The lowest BCUT2D eigenvalue weighted by Gasteiger charge is -2.22. The molecule has 3 N–H and O–H groups in total. The zero-order chi connectivity index (χ0) is 19.4. The zero-order valence-electron chi connectivity index (χ0n) is 15.3. The van der Waals surface area contributed by atoms with Crippen LogP contribution in [-0.4, -0.2) is 42.4 Å². The SMILES string of the molecule is CC(NC(=O)c1ccc(Cl)cc1)C(=O)N1C[C@@H](CN)[C@H](c2ccccc2)C1. The molecule has 2 aromatic carbocycles. The quantitative estimate of drug-likeness (QED) is 0.830. The van der Waals surface area contributed by atoms with E-state index >= 15 is 0 Å². The van der Waals surface area contributed by atoms with E-state index in [4.69, 9.17) is 17.3 Å². The van der Waals surface area contributed by atoms with Crippen molar-refractivity contribution in [1.29, 1.82) is 0 Å². The molecule has 3 atom stereocenters. The van der Waals surface area contributed by atoms with E-state index in [-0.39, 0.29) is 23.7 Å². The van der Waals surface area contributed by atoms with E-state index in [0.717, 1.165) is 0 Å². The van der Waals surface area contributed by atoms with Crippen molar-refractivity contribution in [2.75, 3.05) is 19.6 Å². The Kier molecular flexibility index (Phi) is 6.14. The Hall–Kier alpha value is -2.37. The first-order valence-corrected chi connectivity index (χ1v) is 9.47. The fourth-order valence-electron chi connectivity index (χ4n) is 3.58. The van der Waals surface area contributed by atoms with Gasteiger partial charge in [0.25, 0.3) is 5.91 Å². The lowest BCUT2D eigenvalue weighted by molar-refractivity contribution is -0.131. The third-order valence-corrected chi connectivity index (χ3v) is 5.36. The molecule has 2 aromatic rings. The molecule has 0 aromatic heterocycles. The predicted molar refractivity (Wildman–Crippen MR) is 107 cm³/mol. The van der Waals surface area contributed by atoms with Crippen molar-refractivity contribution in [2.24, 2.45) is 11.7 Å². The molecule has 1 aliphatic rings. The summed E-state index contributed by atoms with van der Waals surface area (Å²) in [6.45, 7) is 3.46. The van der Waals surface area contributed by atoms with Gasteiger partial charge in [-0.3, -0.25) is 9.59 Å². The molecule has 6 heteroatoms. The van der Waals surface area contributed by atoms with Crippen molar-refractivity contribution in [3.8, 4) is 0 Å². The molecule has 0 spiro atoms. The first-order chi connectivity index (χ1) is 13.0. The molecule has 0 saturated carbocycles. The molecule has 0 bridgehead atoms. The summed E-state index contributed by atoms with van der Waals surface area (Å²) in [6, 6.07) is 16.1. The van der Waals surface area contributed by atoms with Crippen LogP contribution < -0.4 is 11.1 Å². The fourth-order valence-corrected chi connectivity index (χ4v) is 3.71. The van der Waals surface area contributed by atoms with Crippen LogP contribution in [0.3, 0.4) is 0 Å². The molecule has 5 nitrogen and oxygen atoms in total. The van der Waals surface area contributed by atoms with Gasteiger partial charge in [-0.1, -0.05) is 41.9 Å². The van der Waals surface area contributed by atoms with Gasteiger partial charge in [0.15, 0.2) is 0 Å². The highest BCUT2D eigenvalue weighted by atomic mass is 35.5. The normalized spacial score (nSPS) is 20.3. The largest absolute Gasteiger partial charge is 0.341 e. The van der Waals surface area contributed by atoms with Gasteiger partial charge in [0, 0.05) is 29.6 Å². The smallest absolute Gasteiger partial charge is 0.251 e. The van der Waals surface area contributed by atoms with E-state index in [0.29, 0.717) is 30.2 Å². The maximum atomic E-state index is 12.9. The maximum absolute atomic E-state index is 12.9. The van der Waals surface area contributed by atoms with E-state index in [1.807, 2.05) is 23.1 Å². The highest BCUT2D eigenvalue weighted by Crippen LogP contribution is 2.32. The number of halogens is 1. The van der Waals surface area contributed by atoms with Gasteiger partial charge in [-0.2, -0.15) is 0 Å². The number of nitrogens with one attached hydrogen (secondary N) is 1. The van der Waals surface area contributed by atoms with Crippen LogP contribution in [0, 0.1) is 5.92 Å². The van der Waals surface area contributed by atoms with Crippen LogP contribution in [0.15, 0.2) is 54.6 Å². The number of carbonyl (C=O) groups is 2. The number of likely N-dealkylation sites (tertiary alicyclic amines) is 1. The highest BCUT2D eigenvalue weighted by Gasteiger charge is 2.36. The van der Waals surface area contributed by atoms with Gasteiger partial charge < -0.3 is 16.0 Å². The average molecular weight is 386 g/mol. The summed E-state index contributed by atoms with van der Waals surface area (Å²) in [5.41, 5.74) is 7.62. The third-order valence-electron chi connectivity index (χ3n) is 5.11. The summed E-state index contributed by atoms with van der Waals surface area (Å²) in [5, 5.41) is 3.34. The van der Waals surface area contributed by atoms with Crippen molar-refractivity contribution in [2.45, 2.75) is 18.9 Å². The van der Waals surface area contributed by atoms with E-state index in [1.54, 1.807) is 31.2 Å². The van der Waals surface area contributed by atoms with Crippen molar-refractivity contribution in [1.82, 2.24) is 10.2 Å². The van der Waals surface area contributed by atoms with Gasteiger partial charge in [0.2, 0.25) is 5.91 Å².